The Labute approximate surface area is 166 Å². The average Bonchev–Trinajstić information content (AvgIpc) is 3.25. The Bertz CT molecular complexity index is 964. The Morgan fingerprint density at radius 3 is 2.79 bits per heavy atom. The number of hydrogen-bond donors (Lipinski definition) is 1. The standard InChI is InChI=1S/C17H15BrF3N5O2/c1-25-15(13(18)8-23-25)9-22-16(27)14-5-6-26(24-14)10-28-12-4-2-3-11(7-12)17(19,20)21/h2-8H,9-10H2,1H3,(H,22,27). The Hall–Kier alpha value is -2.82. The molecule has 148 valence electrons. The van der Waals surface area contributed by atoms with Gasteiger partial charge in [-0.1, -0.05) is 6.07 Å². The van der Waals surface area contributed by atoms with E-state index in [0.29, 0.717) is 0 Å². The van der Waals surface area contributed by atoms with Crippen LogP contribution in [0.15, 0.2) is 47.2 Å². The fraction of sp³-hybridized carbons (Fsp3) is 0.235. The van der Waals surface area contributed by atoms with Gasteiger partial charge in [0.15, 0.2) is 6.73 Å². The van der Waals surface area contributed by atoms with Crippen molar-refractivity contribution in [3.63, 3.8) is 0 Å². The van der Waals surface area contributed by atoms with Gasteiger partial charge in [0.25, 0.3) is 5.91 Å². The normalized spacial score (nSPS) is 11.5. The summed E-state index contributed by atoms with van der Waals surface area (Å²) in [5.74, 6) is -0.344. The SMILES string of the molecule is Cn1ncc(Br)c1CNC(=O)c1ccn(COc2cccc(C(F)(F)F)c2)n1. The van der Waals surface area contributed by atoms with Crippen molar-refractivity contribution in [1.29, 1.82) is 0 Å². The van der Waals surface area contributed by atoms with E-state index in [1.165, 1.54) is 29.1 Å². The van der Waals surface area contributed by atoms with Gasteiger partial charge in [-0.25, -0.2) is 4.68 Å². The van der Waals surface area contributed by atoms with Crippen LogP contribution in [0.1, 0.15) is 21.7 Å². The molecule has 3 rings (SSSR count). The summed E-state index contributed by atoms with van der Waals surface area (Å²) in [5.41, 5.74) is 0.151. The number of hydrogen-bond acceptors (Lipinski definition) is 4. The summed E-state index contributed by atoms with van der Waals surface area (Å²) in [6.07, 6.45) is -1.32. The Balaban J connectivity index is 1.57. The minimum atomic E-state index is -4.45. The second kappa shape index (κ2) is 8.05. The first-order valence-corrected chi connectivity index (χ1v) is 8.81. The third kappa shape index (κ3) is 4.71. The third-order valence-corrected chi connectivity index (χ3v) is 4.49. The van der Waals surface area contributed by atoms with E-state index in [1.807, 2.05) is 0 Å². The molecule has 3 aromatic rings. The second-order valence-corrected chi connectivity index (χ2v) is 6.64. The summed E-state index contributed by atoms with van der Waals surface area (Å²) >= 11 is 3.35. The van der Waals surface area contributed by atoms with Crippen LogP contribution in [-0.2, 0) is 26.5 Å². The Morgan fingerprint density at radius 1 is 1.32 bits per heavy atom. The summed E-state index contributed by atoms with van der Waals surface area (Å²) < 4.78 is 47.2. The molecule has 2 heterocycles. The molecule has 0 saturated carbocycles. The molecule has 11 heteroatoms. The first-order valence-electron chi connectivity index (χ1n) is 8.02. The number of carbonyl (C=O) groups excluding carboxylic acids is 1. The number of nitrogens with one attached hydrogen (secondary N) is 1. The van der Waals surface area contributed by atoms with Crippen molar-refractivity contribution in [2.45, 2.75) is 19.5 Å². The summed E-state index contributed by atoms with van der Waals surface area (Å²) in [7, 11) is 1.76. The number of ether oxygens (including phenoxy) is 1. The molecule has 0 atom stereocenters. The van der Waals surface area contributed by atoms with Gasteiger partial charge in [-0.2, -0.15) is 23.4 Å². The molecule has 28 heavy (non-hydrogen) atoms. The maximum absolute atomic E-state index is 12.7. The van der Waals surface area contributed by atoms with Crippen molar-refractivity contribution >= 4 is 21.8 Å². The lowest BCUT2D eigenvalue weighted by Gasteiger charge is -2.10. The van der Waals surface area contributed by atoms with E-state index in [4.69, 9.17) is 4.74 Å². The van der Waals surface area contributed by atoms with Crippen LogP contribution in [0.3, 0.4) is 0 Å². The predicted molar refractivity (Wildman–Crippen MR) is 96.4 cm³/mol. The van der Waals surface area contributed by atoms with E-state index < -0.39 is 17.6 Å². The highest BCUT2D eigenvalue weighted by atomic mass is 79.9. The van der Waals surface area contributed by atoms with Gasteiger partial charge in [-0.15, -0.1) is 0 Å². The van der Waals surface area contributed by atoms with Crippen molar-refractivity contribution in [1.82, 2.24) is 24.9 Å². The third-order valence-electron chi connectivity index (χ3n) is 3.83. The molecule has 0 aliphatic heterocycles. The lowest BCUT2D eigenvalue weighted by molar-refractivity contribution is -0.137. The minimum Gasteiger partial charge on any atom is -0.471 e. The monoisotopic (exact) mass is 457 g/mol. The predicted octanol–water partition coefficient (Wildman–Crippen LogP) is 3.36. The van der Waals surface area contributed by atoms with Gasteiger partial charge >= 0.3 is 6.18 Å². The topological polar surface area (TPSA) is 74.0 Å². The Morgan fingerprint density at radius 2 is 2.11 bits per heavy atom. The number of aryl methyl sites for hydroxylation is 1. The number of rotatable bonds is 6. The van der Waals surface area contributed by atoms with Crippen molar-refractivity contribution < 1.29 is 22.7 Å². The molecule has 0 unspecified atom stereocenters. The first kappa shape index (κ1) is 19.9. The van der Waals surface area contributed by atoms with Crippen LogP contribution in [0, 0.1) is 0 Å². The molecule has 2 aromatic heterocycles. The molecule has 0 spiro atoms. The second-order valence-electron chi connectivity index (χ2n) is 5.78. The number of carbonyl (C=O) groups is 1. The molecule has 0 aliphatic rings. The summed E-state index contributed by atoms with van der Waals surface area (Å²) in [6, 6.07) is 6.03. The lowest BCUT2D eigenvalue weighted by atomic mass is 10.2. The lowest BCUT2D eigenvalue weighted by Crippen LogP contribution is -2.25. The highest BCUT2D eigenvalue weighted by Crippen LogP contribution is 2.31. The van der Waals surface area contributed by atoms with Gasteiger partial charge in [-0.3, -0.25) is 9.48 Å². The van der Waals surface area contributed by atoms with Gasteiger partial charge in [0.1, 0.15) is 11.4 Å². The number of aromatic nitrogens is 4. The van der Waals surface area contributed by atoms with E-state index in [-0.39, 0.29) is 24.7 Å². The molecule has 0 aliphatic carbocycles. The molecular formula is C17H15BrF3N5O2. The van der Waals surface area contributed by atoms with Crippen LogP contribution < -0.4 is 10.1 Å². The zero-order valence-electron chi connectivity index (χ0n) is 14.6. The molecule has 0 radical (unpaired) electrons. The zero-order valence-corrected chi connectivity index (χ0v) is 16.2. The molecule has 1 N–H and O–H groups in total. The fourth-order valence-electron chi connectivity index (χ4n) is 2.35. The summed E-state index contributed by atoms with van der Waals surface area (Å²) in [5, 5.41) is 10.8. The van der Waals surface area contributed by atoms with Crippen molar-refractivity contribution in [3.8, 4) is 5.75 Å². The summed E-state index contributed by atoms with van der Waals surface area (Å²) in [4.78, 5) is 12.2. The van der Waals surface area contributed by atoms with Gasteiger partial charge in [0.2, 0.25) is 0 Å². The molecular weight excluding hydrogens is 443 g/mol. The van der Waals surface area contributed by atoms with E-state index in [0.717, 1.165) is 22.3 Å². The van der Waals surface area contributed by atoms with Crippen LogP contribution >= 0.6 is 15.9 Å². The van der Waals surface area contributed by atoms with E-state index in [1.54, 1.807) is 17.9 Å². The number of benzene rings is 1. The molecule has 7 nitrogen and oxygen atoms in total. The Kier molecular flexibility index (Phi) is 5.73. The molecule has 0 saturated heterocycles. The van der Waals surface area contributed by atoms with Crippen LogP contribution in [-0.4, -0.2) is 25.5 Å². The summed E-state index contributed by atoms with van der Waals surface area (Å²) in [6.45, 7) is 0.116. The van der Waals surface area contributed by atoms with E-state index >= 15 is 0 Å². The maximum atomic E-state index is 12.7. The van der Waals surface area contributed by atoms with Crippen LogP contribution in [0.5, 0.6) is 5.75 Å². The van der Waals surface area contributed by atoms with Gasteiger partial charge < -0.3 is 10.1 Å². The molecule has 1 aromatic carbocycles. The maximum Gasteiger partial charge on any atom is 0.416 e. The van der Waals surface area contributed by atoms with E-state index in [2.05, 4.69) is 31.4 Å². The van der Waals surface area contributed by atoms with Crippen LogP contribution in [0.4, 0.5) is 13.2 Å². The number of nitrogens with zero attached hydrogens (tertiary/aromatic N) is 4. The average molecular weight is 458 g/mol. The molecule has 0 fully saturated rings. The number of alkyl halides is 3. The quantitative estimate of drug-likeness (QED) is 0.615. The number of amides is 1. The van der Waals surface area contributed by atoms with Crippen molar-refractivity contribution in [2.75, 3.05) is 0 Å². The van der Waals surface area contributed by atoms with E-state index in [9.17, 15) is 18.0 Å². The highest BCUT2D eigenvalue weighted by Gasteiger charge is 2.30. The van der Waals surface area contributed by atoms with Gasteiger partial charge in [0, 0.05) is 13.2 Å². The number of halogens is 4. The minimum absolute atomic E-state index is 0.0531. The zero-order chi connectivity index (χ0) is 20.3. The fourth-order valence-corrected chi connectivity index (χ4v) is 2.84. The van der Waals surface area contributed by atoms with Crippen LogP contribution in [0.25, 0.3) is 0 Å². The van der Waals surface area contributed by atoms with Gasteiger partial charge in [0.05, 0.1) is 28.5 Å². The van der Waals surface area contributed by atoms with Crippen molar-refractivity contribution in [2.24, 2.45) is 7.05 Å². The van der Waals surface area contributed by atoms with Gasteiger partial charge in [-0.05, 0) is 40.2 Å². The van der Waals surface area contributed by atoms with Crippen LogP contribution in [0.2, 0.25) is 0 Å². The first-order chi connectivity index (χ1) is 13.2. The largest absolute Gasteiger partial charge is 0.471 e. The highest BCUT2D eigenvalue weighted by molar-refractivity contribution is 9.10. The van der Waals surface area contributed by atoms with Crippen molar-refractivity contribution in [3.05, 3.63) is 64.1 Å². The smallest absolute Gasteiger partial charge is 0.416 e. The molecule has 1 amide bonds. The molecule has 0 bridgehead atoms.